The quantitative estimate of drug-likeness (QED) is 0.209. The minimum absolute atomic E-state index is 0. The van der Waals surface area contributed by atoms with Crippen LogP contribution in [0.25, 0.3) is 0 Å². The molecule has 0 atom stereocenters. The number of ether oxygens (including phenoxy) is 3. The van der Waals surface area contributed by atoms with Gasteiger partial charge in [0, 0.05) is 20.1 Å². The SMILES string of the molecule is CCOc1cc(CCCNC(=NC)NCc2ccc(OC)c(F)c2)ccc1OC.I. The molecule has 2 N–H and O–H groups in total. The highest BCUT2D eigenvalue weighted by Gasteiger charge is 2.06. The number of guanidine groups is 1. The fraction of sp³-hybridized carbons (Fsp3) is 0.409. The summed E-state index contributed by atoms with van der Waals surface area (Å²) in [5.41, 5.74) is 2.00. The maximum Gasteiger partial charge on any atom is 0.191 e. The van der Waals surface area contributed by atoms with E-state index in [9.17, 15) is 4.39 Å². The Morgan fingerprint density at radius 3 is 2.30 bits per heavy atom. The summed E-state index contributed by atoms with van der Waals surface area (Å²) in [6.45, 7) is 3.78. The van der Waals surface area contributed by atoms with Crippen molar-refractivity contribution in [3.05, 3.63) is 53.3 Å². The van der Waals surface area contributed by atoms with E-state index in [-0.39, 0.29) is 35.5 Å². The van der Waals surface area contributed by atoms with Crippen LogP contribution in [0.4, 0.5) is 4.39 Å². The number of methoxy groups -OCH3 is 2. The maximum absolute atomic E-state index is 13.8. The van der Waals surface area contributed by atoms with Gasteiger partial charge in [0.2, 0.25) is 0 Å². The van der Waals surface area contributed by atoms with Gasteiger partial charge in [0.05, 0.1) is 20.8 Å². The number of nitrogens with one attached hydrogen (secondary N) is 2. The van der Waals surface area contributed by atoms with Crippen molar-refractivity contribution in [2.45, 2.75) is 26.3 Å². The molecule has 0 saturated heterocycles. The summed E-state index contributed by atoms with van der Waals surface area (Å²) in [6, 6.07) is 10.9. The fourth-order valence-electron chi connectivity index (χ4n) is 2.87. The zero-order chi connectivity index (χ0) is 21.1. The second-order valence-electron chi connectivity index (χ2n) is 6.34. The second kappa shape index (κ2) is 13.9. The molecular formula is C22H31FIN3O3. The Labute approximate surface area is 195 Å². The molecule has 2 rings (SSSR count). The molecule has 0 bridgehead atoms. The van der Waals surface area contributed by atoms with Crippen LogP contribution >= 0.6 is 24.0 Å². The lowest BCUT2D eigenvalue weighted by Gasteiger charge is -2.13. The standard InChI is InChI=1S/C22H30FN3O3.HI/c1-5-29-21-14-16(8-11-20(21)28-4)7-6-12-25-22(24-2)26-15-17-9-10-19(27-3)18(23)13-17;/h8-11,13-14H,5-7,12,15H2,1-4H3,(H2,24,25,26);1H. The number of hydrogen-bond donors (Lipinski definition) is 2. The van der Waals surface area contributed by atoms with E-state index in [0.717, 1.165) is 36.4 Å². The van der Waals surface area contributed by atoms with E-state index in [2.05, 4.69) is 15.6 Å². The number of halogens is 2. The lowest BCUT2D eigenvalue weighted by Crippen LogP contribution is -2.37. The Kier molecular flexibility index (Phi) is 12.0. The van der Waals surface area contributed by atoms with E-state index in [1.54, 1.807) is 20.2 Å². The largest absolute Gasteiger partial charge is 0.494 e. The average molecular weight is 531 g/mol. The molecule has 0 aromatic heterocycles. The van der Waals surface area contributed by atoms with Gasteiger partial charge in [0.1, 0.15) is 0 Å². The highest BCUT2D eigenvalue weighted by molar-refractivity contribution is 14.0. The predicted octanol–water partition coefficient (Wildman–Crippen LogP) is 4.16. The summed E-state index contributed by atoms with van der Waals surface area (Å²) < 4.78 is 29.7. The van der Waals surface area contributed by atoms with Gasteiger partial charge in [-0.3, -0.25) is 4.99 Å². The van der Waals surface area contributed by atoms with Crippen LogP contribution in [0.2, 0.25) is 0 Å². The molecule has 0 fully saturated rings. The average Bonchev–Trinajstić information content (AvgIpc) is 2.73. The number of rotatable bonds is 10. The van der Waals surface area contributed by atoms with Crippen LogP contribution in [0.3, 0.4) is 0 Å². The fourth-order valence-corrected chi connectivity index (χ4v) is 2.87. The number of hydrogen-bond acceptors (Lipinski definition) is 4. The van der Waals surface area contributed by atoms with Crippen LogP contribution < -0.4 is 24.8 Å². The first kappa shape index (κ1) is 25.8. The highest BCUT2D eigenvalue weighted by Crippen LogP contribution is 2.28. The first-order valence-corrected chi connectivity index (χ1v) is 9.67. The number of aryl methyl sites for hydroxylation is 1. The van der Waals surface area contributed by atoms with Gasteiger partial charge in [-0.15, -0.1) is 24.0 Å². The molecule has 0 unspecified atom stereocenters. The number of nitrogens with zero attached hydrogens (tertiary/aromatic N) is 1. The Morgan fingerprint density at radius 2 is 1.67 bits per heavy atom. The van der Waals surface area contributed by atoms with Crippen LogP contribution in [-0.4, -0.2) is 40.4 Å². The van der Waals surface area contributed by atoms with E-state index >= 15 is 0 Å². The summed E-state index contributed by atoms with van der Waals surface area (Å²) in [4.78, 5) is 4.20. The minimum Gasteiger partial charge on any atom is -0.494 e. The molecule has 0 aliphatic rings. The molecule has 0 amide bonds. The highest BCUT2D eigenvalue weighted by atomic mass is 127. The molecule has 6 nitrogen and oxygen atoms in total. The van der Waals surface area contributed by atoms with Crippen molar-refractivity contribution >= 4 is 29.9 Å². The van der Waals surface area contributed by atoms with Crippen molar-refractivity contribution in [2.24, 2.45) is 4.99 Å². The third kappa shape index (κ3) is 7.89. The van der Waals surface area contributed by atoms with E-state index < -0.39 is 0 Å². The van der Waals surface area contributed by atoms with E-state index in [0.29, 0.717) is 19.1 Å². The first-order chi connectivity index (χ1) is 14.1. The van der Waals surface area contributed by atoms with E-state index in [1.165, 1.54) is 18.7 Å². The Balaban J connectivity index is 0.00000450. The lowest BCUT2D eigenvalue weighted by atomic mass is 10.1. The second-order valence-corrected chi connectivity index (χ2v) is 6.34. The van der Waals surface area contributed by atoms with Gasteiger partial charge >= 0.3 is 0 Å². The van der Waals surface area contributed by atoms with Crippen molar-refractivity contribution < 1.29 is 18.6 Å². The van der Waals surface area contributed by atoms with E-state index in [4.69, 9.17) is 14.2 Å². The third-order valence-corrected chi connectivity index (χ3v) is 4.36. The molecule has 0 radical (unpaired) electrons. The van der Waals surface area contributed by atoms with Crippen LogP contribution in [0, 0.1) is 5.82 Å². The molecule has 0 aliphatic heterocycles. The van der Waals surface area contributed by atoms with Crippen molar-refractivity contribution in [3.8, 4) is 17.2 Å². The Bertz CT molecular complexity index is 818. The van der Waals surface area contributed by atoms with Gasteiger partial charge in [-0.25, -0.2) is 4.39 Å². The van der Waals surface area contributed by atoms with Gasteiger partial charge in [-0.1, -0.05) is 12.1 Å². The lowest BCUT2D eigenvalue weighted by molar-refractivity contribution is 0.310. The minimum atomic E-state index is -0.374. The van der Waals surface area contributed by atoms with Crippen LogP contribution in [-0.2, 0) is 13.0 Å². The summed E-state index contributed by atoms with van der Waals surface area (Å²) in [6.07, 6.45) is 1.83. The molecular weight excluding hydrogens is 500 g/mol. The van der Waals surface area contributed by atoms with Gasteiger partial charge in [0.25, 0.3) is 0 Å². The molecule has 30 heavy (non-hydrogen) atoms. The zero-order valence-corrected chi connectivity index (χ0v) is 20.3. The summed E-state index contributed by atoms with van der Waals surface area (Å²) in [5.74, 6) is 2.05. The molecule has 0 spiro atoms. The molecule has 2 aromatic carbocycles. The zero-order valence-electron chi connectivity index (χ0n) is 18.0. The molecule has 0 heterocycles. The van der Waals surface area contributed by atoms with Gasteiger partial charge < -0.3 is 24.8 Å². The first-order valence-electron chi connectivity index (χ1n) is 9.67. The maximum atomic E-state index is 13.8. The van der Waals surface area contributed by atoms with Crippen molar-refractivity contribution in [2.75, 3.05) is 34.4 Å². The van der Waals surface area contributed by atoms with Crippen molar-refractivity contribution in [1.29, 1.82) is 0 Å². The summed E-state index contributed by atoms with van der Waals surface area (Å²) in [5, 5.41) is 6.46. The van der Waals surface area contributed by atoms with Gasteiger partial charge in [-0.05, 0) is 55.2 Å². The molecule has 2 aromatic rings. The number of aliphatic imine (C=N–C) groups is 1. The Hall–Kier alpha value is -2.23. The summed E-state index contributed by atoms with van der Waals surface area (Å²) in [7, 11) is 4.80. The van der Waals surface area contributed by atoms with Crippen molar-refractivity contribution in [3.63, 3.8) is 0 Å². The van der Waals surface area contributed by atoms with Gasteiger partial charge in [0.15, 0.2) is 29.0 Å². The smallest absolute Gasteiger partial charge is 0.191 e. The van der Waals surface area contributed by atoms with Crippen LogP contribution in [0.1, 0.15) is 24.5 Å². The molecule has 0 aliphatic carbocycles. The van der Waals surface area contributed by atoms with E-state index in [1.807, 2.05) is 31.2 Å². The van der Waals surface area contributed by atoms with Crippen LogP contribution in [0.5, 0.6) is 17.2 Å². The molecule has 0 saturated carbocycles. The predicted molar refractivity (Wildman–Crippen MR) is 129 cm³/mol. The summed E-state index contributed by atoms with van der Waals surface area (Å²) >= 11 is 0. The normalized spacial score (nSPS) is 10.8. The monoisotopic (exact) mass is 531 g/mol. The topological polar surface area (TPSA) is 64.1 Å². The van der Waals surface area contributed by atoms with Gasteiger partial charge in [-0.2, -0.15) is 0 Å². The molecule has 166 valence electrons. The van der Waals surface area contributed by atoms with Crippen molar-refractivity contribution in [1.82, 2.24) is 10.6 Å². The van der Waals surface area contributed by atoms with Crippen LogP contribution in [0.15, 0.2) is 41.4 Å². The number of benzene rings is 2. The molecule has 8 heteroatoms. The Morgan fingerprint density at radius 1 is 0.967 bits per heavy atom. The third-order valence-electron chi connectivity index (χ3n) is 4.36.